The summed E-state index contributed by atoms with van der Waals surface area (Å²) in [5, 5.41) is 12.4. The van der Waals surface area contributed by atoms with Crippen molar-refractivity contribution in [3.05, 3.63) is 46.0 Å². The number of rotatable bonds is 10. The number of benzene rings is 1. The summed E-state index contributed by atoms with van der Waals surface area (Å²) in [6.45, 7) is 2.93. The number of thiazole rings is 1. The number of aromatic nitrogens is 1. The number of halogens is 2. The molecule has 0 bridgehead atoms. The predicted octanol–water partition coefficient (Wildman–Crippen LogP) is 5.10. The Morgan fingerprint density at radius 2 is 2.03 bits per heavy atom. The summed E-state index contributed by atoms with van der Waals surface area (Å²) < 4.78 is 31.3. The van der Waals surface area contributed by atoms with Gasteiger partial charge in [0.2, 0.25) is 5.91 Å². The van der Waals surface area contributed by atoms with Crippen molar-refractivity contribution in [1.29, 1.82) is 5.26 Å². The minimum absolute atomic E-state index is 0.0983. The Morgan fingerprint density at radius 3 is 2.72 bits per heavy atom. The first-order valence-electron chi connectivity index (χ1n) is 12.8. The van der Waals surface area contributed by atoms with E-state index >= 15 is 0 Å². The van der Waals surface area contributed by atoms with Crippen molar-refractivity contribution in [2.75, 3.05) is 19.7 Å². The molecular formula is C27H34F2N4O2S. The normalized spacial score (nSPS) is 20.4. The molecule has 1 N–H and O–H groups in total. The molecular weight excluding hydrogens is 482 g/mol. The third kappa shape index (κ3) is 7.97. The third-order valence-corrected chi connectivity index (χ3v) is 8.10. The van der Waals surface area contributed by atoms with E-state index in [0.29, 0.717) is 29.5 Å². The van der Waals surface area contributed by atoms with Gasteiger partial charge in [-0.15, -0.1) is 0 Å². The van der Waals surface area contributed by atoms with Crippen LogP contribution in [0.5, 0.6) is 5.19 Å². The van der Waals surface area contributed by atoms with Crippen LogP contribution in [0.15, 0.2) is 24.3 Å². The second-order valence-corrected chi connectivity index (χ2v) is 11.2. The monoisotopic (exact) mass is 516 g/mol. The maximum Gasteiger partial charge on any atom is 0.278 e. The van der Waals surface area contributed by atoms with Gasteiger partial charge >= 0.3 is 0 Å². The van der Waals surface area contributed by atoms with Gasteiger partial charge in [0.05, 0.1) is 17.3 Å². The van der Waals surface area contributed by atoms with Gasteiger partial charge in [-0.1, -0.05) is 23.5 Å². The highest BCUT2D eigenvalue weighted by Gasteiger charge is 2.27. The van der Waals surface area contributed by atoms with E-state index in [2.05, 4.69) is 21.3 Å². The van der Waals surface area contributed by atoms with Crippen LogP contribution in [0.2, 0.25) is 0 Å². The number of nitriles is 1. The van der Waals surface area contributed by atoms with Crippen LogP contribution in [0.1, 0.15) is 67.1 Å². The summed E-state index contributed by atoms with van der Waals surface area (Å²) in [6, 6.07) is 9.77. The Balaban J connectivity index is 1.12. The van der Waals surface area contributed by atoms with Crippen LogP contribution in [0, 0.1) is 17.2 Å². The maximum atomic E-state index is 13.1. The van der Waals surface area contributed by atoms with E-state index in [0.717, 1.165) is 81.2 Å². The summed E-state index contributed by atoms with van der Waals surface area (Å²) in [4.78, 5) is 20.4. The molecule has 1 aliphatic carbocycles. The van der Waals surface area contributed by atoms with Gasteiger partial charge in [-0.2, -0.15) is 5.26 Å². The molecule has 1 aromatic heterocycles. The SMILES string of the molecule is CC(F)(F)COc1nc2c(s1)CCN(CCC1CCC(NC(=O)CCc3ccc(C#N)cc3)CC1)C2. The highest BCUT2D eigenvalue weighted by Crippen LogP contribution is 2.32. The molecule has 36 heavy (non-hydrogen) atoms. The fourth-order valence-electron chi connectivity index (χ4n) is 4.93. The molecule has 1 saturated carbocycles. The second kappa shape index (κ2) is 12.1. The number of nitrogens with zero attached hydrogens (tertiary/aromatic N) is 3. The minimum atomic E-state index is -2.85. The van der Waals surface area contributed by atoms with Crippen molar-refractivity contribution < 1.29 is 18.3 Å². The fourth-order valence-corrected chi connectivity index (χ4v) is 5.84. The number of carbonyl (C=O) groups is 1. The molecule has 1 amide bonds. The van der Waals surface area contributed by atoms with E-state index in [1.807, 2.05) is 12.1 Å². The topological polar surface area (TPSA) is 78.2 Å². The van der Waals surface area contributed by atoms with Crippen molar-refractivity contribution in [3.8, 4) is 11.3 Å². The number of aryl methyl sites for hydroxylation is 1. The van der Waals surface area contributed by atoms with Gasteiger partial charge in [-0.3, -0.25) is 9.69 Å². The largest absolute Gasteiger partial charge is 0.464 e. The average Bonchev–Trinajstić information content (AvgIpc) is 3.28. The van der Waals surface area contributed by atoms with Crippen LogP contribution in [0.25, 0.3) is 0 Å². The Bertz CT molecular complexity index is 1050. The zero-order chi connectivity index (χ0) is 25.5. The second-order valence-electron chi connectivity index (χ2n) is 10.1. The number of hydrogen-bond donors (Lipinski definition) is 1. The van der Waals surface area contributed by atoms with Gasteiger partial charge < -0.3 is 10.1 Å². The van der Waals surface area contributed by atoms with Crippen molar-refractivity contribution in [2.24, 2.45) is 5.92 Å². The molecule has 194 valence electrons. The van der Waals surface area contributed by atoms with E-state index in [4.69, 9.17) is 10.00 Å². The first kappa shape index (κ1) is 26.5. The van der Waals surface area contributed by atoms with E-state index in [9.17, 15) is 13.6 Å². The highest BCUT2D eigenvalue weighted by atomic mass is 32.1. The van der Waals surface area contributed by atoms with Gasteiger partial charge in [0.1, 0.15) is 0 Å². The average molecular weight is 517 g/mol. The molecule has 0 radical (unpaired) electrons. The van der Waals surface area contributed by atoms with Gasteiger partial charge in [0.15, 0.2) is 6.61 Å². The number of nitrogens with one attached hydrogen (secondary N) is 1. The molecule has 2 aliphatic rings. The van der Waals surface area contributed by atoms with Crippen LogP contribution < -0.4 is 10.1 Å². The first-order valence-corrected chi connectivity index (χ1v) is 13.6. The van der Waals surface area contributed by atoms with E-state index < -0.39 is 12.5 Å². The summed E-state index contributed by atoms with van der Waals surface area (Å²) in [5.41, 5.74) is 2.67. The molecule has 0 unspecified atom stereocenters. The quantitative estimate of drug-likeness (QED) is 0.475. The standard InChI is InChI=1S/C27H34F2N4O2S/c1-27(28,29)18-35-26-32-23-17-33(15-13-24(23)36-26)14-12-20-6-9-22(10-7-20)31-25(34)11-8-19-2-4-21(16-30)5-3-19/h2-5,20,22H,6-15,17-18H2,1H3,(H,31,34). The lowest BCUT2D eigenvalue weighted by Crippen LogP contribution is -2.38. The lowest BCUT2D eigenvalue weighted by molar-refractivity contribution is -0.122. The molecule has 1 aromatic carbocycles. The molecule has 4 rings (SSSR count). The van der Waals surface area contributed by atoms with Crippen molar-refractivity contribution in [1.82, 2.24) is 15.2 Å². The molecule has 2 aromatic rings. The van der Waals surface area contributed by atoms with Gasteiger partial charge in [0, 0.05) is 37.4 Å². The number of hydrogen-bond acceptors (Lipinski definition) is 6. The first-order chi connectivity index (χ1) is 17.3. The number of ether oxygens (including phenoxy) is 1. The van der Waals surface area contributed by atoms with Gasteiger partial charge in [-0.25, -0.2) is 13.8 Å². The van der Waals surface area contributed by atoms with E-state index in [1.165, 1.54) is 11.3 Å². The maximum absolute atomic E-state index is 13.1. The zero-order valence-electron chi connectivity index (χ0n) is 20.8. The minimum Gasteiger partial charge on any atom is -0.464 e. The van der Waals surface area contributed by atoms with Crippen molar-refractivity contribution in [2.45, 2.75) is 76.8 Å². The van der Waals surface area contributed by atoms with E-state index in [1.54, 1.807) is 12.1 Å². The number of alkyl halides is 2. The fraction of sp³-hybridized carbons (Fsp3) is 0.593. The molecule has 0 spiro atoms. The molecule has 2 heterocycles. The van der Waals surface area contributed by atoms with Crippen molar-refractivity contribution >= 4 is 17.2 Å². The predicted molar refractivity (Wildman–Crippen MR) is 135 cm³/mol. The lowest BCUT2D eigenvalue weighted by atomic mass is 9.84. The highest BCUT2D eigenvalue weighted by molar-refractivity contribution is 7.13. The van der Waals surface area contributed by atoms with Crippen LogP contribution in [-0.2, 0) is 24.2 Å². The Labute approximate surface area is 215 Å². The molecule has 6 nitrogen and oxygen atoms in total. The summed E-state index contributed by atoms with van der Waals surface area (Å²) in [5.74, 6) is -2.09. The summed E-state index contributed by atoms with van der Waals surface area (Å²) in [6.07, 6.45) is 7.46. The molecule has 0 saturated heterocycles. The van der Waals surface area contributed by atoms with Crippen LogP contribution in [0.4, 0.5) is 8.78 Å². The lowest BCUT2D eigenvalue weighted by Gasteiger charge is -2.32. The van der Waals surface area contributed by atoms with Crippen LogP contribution in [-0.4, -0.2) is 47.5 Å². The smallest absolute Gasteiger partial charge is 0.278 e. The van der Waals surface area contributed by atoms with Crippen molar-refractivity contribution in [3.63, 3.8) is 0 Å². The van der Waals surface area contributed by atoms with E-state index in [-0.39, 0.29) is 11.9 Å². The van der Waals surface area contributed by atoms with Gasteiger partial charge in [-0.05, 0) is 75.1 Å². The Hall–Kier alpha value is -2.57. The van der Waals surface area contributed by atoms with Crippen LogP contribution in [0.3, 0.4) is 0 Å². The molecule has 1 aliphatic heterocycles. The zero-order valence-corrected chi connectivity index (χ0v) is 21.6. The third-order valence-electron chi connectivity index (χ3n) is 7.03. The van der Waals surface area contributed by atoms with Crippen LogP contribution >= 0.6 is 11.3 Å². The number of carbonyl (C=O) groups excluding carboxylic acids is 1. The Kier molecular flexibility index (Phi) is 8.91. The summed E-state index contributed by atoms with van der Waals surface area (Å²) >= 11 is 1.39. The molecule has 0 atom stereocenters. The van der Waals surface area contributed by atoms with Gasteiger partial charge in [0.25, 0.3) is 11.1 Å². The Morgan fingerprint density at radius 1 is 1.28 bits per heavy atom. The number of amides is 1. The number of fused-ring (bicyclic) bond motifs is 1. The summed E-state index contributed by atoms with van der Waals surface area (Å²) in [7, 11) is 0. The molecule has 1 fully saturated rings. The molecule has 9 heteroatoms.